The second kappa shape index (κ2) is 6.62. The van der Waals surface area contributed by atoms with E-state index in [0.717, 1.165) is 18.7 Å². The van der Waals surface area contributed by atoms with Gasteiger partial charge >= 0.3 is 0 Å². The normalized spacial score (nSPS) is 12.8. The first-order valence-corrected chi connectivity index (χ1v) is 6.05. The lowest BCUT2D eigenvalue weighted by atomic mass is 10.0. The van der Waals surface area contributed by atoms with E-state index in [1.165, 1.54) is 11.1 Å². The average Bonchev–Trinajstić information content (AvgIpc) is 2.29. The summed E-state index contributed by atoms with van der Waals surface area (Å²) >= 11 is 0. The van der Waals surface area contributed by atoms with Crippen molar-refractivity contribution in [3.8, 4) is 5.75 Å². The van der Waals surface area contributed by atoms with Gasteiger partial charge in [-0.1, -0.05) is 12.1 Å². The van der Waals surface area contributed by atoms with Gasteiger partial charge in [-0.2, -0.15) is 0 Å². The summed E-state index contributed by atoms with van der Waals surface area (Å²) in [5.74, 6) is 0.958. The van der Waals surface area contributed by atoms with Crippen LogP contribution in [0.1, 0.15) is 23.6 Å². The summed E-state index contributed by atoms with van der Waals surface area (Å²) in [5, 5.41) is 3.21. The molecular formula is C14H24N2O. The van der Waals surface area contributed by atoms with Crippen LogP contribution in [0.25, 0.3) is 0 Å². The fraction of sp³-hybridized carbons (Fsp3) is 0.571. The molecule has 3 heteroatoms. The van der Waals surface area contributed by atoms with Crippen molar-refractivity contribution in [2.75, 3.05) is 34.8 Å². The van der Waals surface area contributed by atoms with Crippen LogP contribution in [0, 0.1) is 6.92 Å². The van der Waals surface area contributed by atoms with Crippen LogP contribution < -0.4 is 10.1 Å². The summed E-state index contributed by atoms with van der Waals surface area (Å²) in [6.45, 7) is 3.11. The Morgan fingerprint density at radius 1 is 1.35 bits per heavy atom. The molecule has 0 aliphatic carbocycles. The van der Waals surface area contributed by atoms with Gasteiger partial charge in [0.15, 0.2) is 0 Å². The SMILES string of the molecule is CNCCC(c1ccc(OC)c(C)c1)N(C)C. The zero-order chi connectivity index (χ0) is 12.8. The van der Waals surface area contributed by atoms with Crippen molar-refractivity contribution in [1.29, 1.82) is 0 Å². The highest BCUT2D eigenvalue weighted by Crippen LogP contribution is 2.26. The molecule has 1 unspecified atom stereocenters. The van der Waals surface area contributed by atoms with Crippen molar-refractivity contribution in [3.05, 3.63) is 29.3 Å². The molecular weight excluding hydrogens is 212 g/mol. The molecule has 17 heavy (non-hydrogen) atoms. The molecule has 3 nitrogen and oxygen atoms in total. The summed E-state index contributed by atoms with van der Waals surface area (Å²) < 4.78 is 5.30. The molecule has 0 aromatic heterocycles. The third-order valence-electron chi connectivity index (χ3n) is 3.09. The minimum Gasteiger partial charge on any atom is -0.496 e. The van der Waals surface area contributed by atoms with Crippen LogP contribution in [0.15, 0.2) is 18.2 Å². The van der Waals surface area contributed by atoms with Gasteiger partial charge < -0.3 is 15.0 Å². The predicted octanol–water partition coefficient (Wildman–Crippen LogP) is 2.22. The van der Waals surface area contributed by atoms with Gasteiger partial charge in [-0.05, 0) is 58.2 Å². The number of methoxy groups -OCH3 is 1. The van der Waals surface area contributed by atoms with E-state index in [2.05, 4.69) is 49.4 Å². The van der Waals surface area contributed by atoms with E-state index >= 15 is 0 Å². The Bertz CT molecular complexity index is 350. The van der Waals surface area contributed by atoms with Crippen molar-refractivity contribution in [3.63, 3.8) is 0 Å². The maximum absolute atomic E-state index is 5.30. The van der Waals surface area contributed by atoms with E-state index in [9.17, 15) is 0 Å². The average molecular weight is 236 g/mol. The first kappa shape index (κ1) is 14.0. The molecule has 96 valence electrons. The maximum atomic E-state index is 5.30. The second-order valence-corrected chi connectivity index (χ2v) is 4.60. The lowest BCUT2D eigenvalue weighted by Gasteiger charge is -2.25. The van der Waals surface area contributed by atoms with Crippen LogP contribution in [-0.4, -0.2) is 39.7 Å². The zero-order valence-corrected chi connectivity index (χ0v) is 11.6. The van der Waals surface area contributed by atoms with Crippen LogP contribution in [-0.2, 0) is 0 Å². The molecule has 0 radical (unpaired) electrons. The number of rotatable bonds is 6. The van der Waals surface area contributed by atoms with Gasteiger partial charge in [0.1, 0.15) is 5.75 Å². The van der Waals surface area contributed by atoms with Gasteiger partial charge in [0.2, 0.25) is 0 Å². The summed E-state index contributed by atoms with van der Waals surface area (Å²) in [6, 6.07) is 6.89. The molecule has 0 amide bonds. The topological polar surface area (TPSA) is 24.5 Å². The molecule has 1 aromatic carbocycles. The smallest absolute Gasteiger partial charge is 0.121 e. The van der Waals surface area contributed by atoms with Crippen LogP contribution in [0.4, 0.5) is 0 Å². The van der Waals surface area contributed by atoms with E-state index in [1.54, 1.807) is 7.11 Å². The number of aryl methyl sites for hydroxylation is 1. The van der Waals surface area contributed by atoms with E-state index < -0.39 is 0 Å². The minimum absolute atomic E-state index is 0.451. The number of nitrogens with zero attached hydrogens (tertiary/aromatic N) is 1. The molecule has 0 aliphatic heterocycles. The highest BCUT2D eigenvalue weighted by molar-refractivity contribution is 5.37. The molecule has 0 heterocycles. The number of hydrogen-bond acceptors (Lipinski definition) is 3. The molecule has 1 rings (SSSR count). The van der Waals surface area contributed by atoms with Crippen LogP contribution >= 0.6 is 0 Å². The van der Waals surface area contributed by atoms with Crippen LogP contribution in [0.3, 0.4) is 0 Å². The summed E-state index contributed by atoms with van der Waals surface area (Å²) in [6.07, 6.45) is 1.11. The van der Waals surface area contributed by atoms with Crippen molar-refractivity contribution < 1.29 is 4.74 Å². The van der Waals surface area contributed by atoms with E-state index in [-0.39, 0.29) is 0 Å². The van der Waals surface area contributed by atoms with E-state index in [4.69, 9.17) is 4.74 Å². The fourth-order valence-corrected chi connectivity index (χ4v) is 2.11. The van der Waals surface area contributed by atoms with Crippen molar-refractivity contribution in [2.24, 2.45) is 0 Å². The lowest BCUT2D eigenvalue weighted by Crippen LogP contribution is -2.24. The van der Waals surface area contributed by atoms with Gasteiger partial charge in [-0.15, -0.1) is 0 Å². The first-order valence-electron chi connectivity index (χ1n) is 6.05. The van der Waals surface area contributed by atoms with Crippen LogP contribution in [0.5, 0.6) is 5.75 Å². The highest BCUT2D eigenvalue weighted by atomic mass is 16.5. The quantitative estimate of drug-likeness (QED) is 0.819. The van der Waals surface area contributed by atoms with Gasteiger partial charge in [0.05, 0.1) is 7.11 Å². The predicted molar refractivity (Wildman–Crippen MR) is 72.7 cm³/mol. The highest BCUT2D eigenvalue weighted by Gasteiger charge is 2.14. The number of hydrogen-bond donors (Lipinski definition) is 1. The largest absolute Gasteiger partial charge is 0.496 e. The van der Waals surface area contributed by atoms with Crippen molar-refractivity contribution in [1.82, 2.24) is 10.2 Å². The second-order valence-electron chi connectivity index (χ2n) is 4.60. The summed E-state index contributed by atoms with van der Waals surface area (Å²) in [5.41, 5.74) is 2.55. The standard InChI is InChI=1S/C14H24N2O/c1-11-10-12(6-7-14(11)17-5)13(16(3)4)8-9-15-2/h6-7,10,13,15H,8-9H2,1-5H3. The molecule has 1 atom stereocenters. The van der Waals surface area contributed by atoms with Gasteiger partial charge in [0, 0.05) is 6.04 Å². The molecule has 0 spiro atoms. The zero-order valence-electron chi connectivity index (χ0n) is 11.6. The summed E-state index contributed by atoms with van der Waals surface area (Å²) in [7, 11) is 7.96. The Labute approximate surface area is 105 Å². The third kappa shape index (κ3) is 3.72. The number of ether oxygens (including phenoxy) is 1. The van der Waals surface area contributed by atoms with Gasteiger partial charge in [0.25, 0.3) is 0 Å². The van der Waals surface area contributed by atoms with E-state index in [1.807, 2.05) is 7.05 Å². The lowest BCUT2D eigenvalue weighted by molar-refractivity contribution is 0.282. The molecule has 0 aliphatic rings. The molecule has 1 aromatic rings. The third-order valence-corrected chi connectivity index (χ3v) is 3.09. The molecule has 0 saturated carbocycles. The Balaban J connectivity index is 2.90. The Hall–Kier alpha value is -1.06. The molecule has 0 bridgehead atoms. The molecule has 1 N–H and O–H groups in total. The van der Waals surface area contributed by atoms with Gasteiger partial charge in [-0.3, -0.25) is 0 Å². The van der Waals surface area contributed by atoms with Gasteiger partial charge in [-0.25, -0.2) is 0 Å². The Morgan fingerprint density at radius 3 is 2.53 bits per heavy atom. The van der Waals surface area contributed by atoms with Crippen LogP contribution in [0.2, 0.25) is 0 Å². The van der Waals surface area contributed by atoms with E-state index in [0.29, 0.717) is 6.04 Å². The minimum atomic E-state index is 0.451. The monoisotopic (exact) mass is 236 g/mol. The number of benzene rings is 1. The first-order chi connectivity index (χ1) is 8.10. The van der Waals surface area contributed by atoms with Crippen molar-refractivity contribution in [2.45, 2.75) is 19.4 Å². The maximum Gasteiger partial charge on any atom is 0.121 e. The molecule has 0 fully saturated rings. The van der Waals surface area contributed by atoms with Crippen molar-refractivity contribution >= 4 is 0 Å². The Kier molecular flexibility index (Phi) is 5.45. The number of nitrogens with one attached hydrogen (secondary N) is 1. The fourth-order valence-electron chi connectivity index (χ4n) is 2.11. The molecule has 0 saturated heterocycles. The summed E-state index contributed by atoms with van der Waals surface area (Å²) in [4.78, 5) is 2.26. The Morgan fingerprint density at radius 2 is 2.06 bits per heavy atom.